The van der Waals surface area contributed by atoms with Crippen molar-refractivity contribution in [1.29, 1.82) is 0 Å². The van der Waals surface area contributed by atoms with Gasteiger partial charge in [0.05, 0.1) is 11.3 Å². The number of carbonyl (C=O) groups is 3. The third-order valence-electron chi connectivity index (χ3n) is 3.56. The maximum absolute atomic E-state index is 12.6. The van der Waals surface area contributed by atoms with E-state index in [2.05, 4.69) is 5.10 Å². The number of amides is 4. The Balaban J connectivity index is 2.20. The molecular formula is C14H12N4O5. The Morgan fingerprint density at radius 1 is 1.00 bits per heavy atom. The molecule has 0 bridgehead atoms. The quantitative estimate of drug-likeness (QED) is 0.529. The lowest BCUT2D eigenvalue weighted by molar-refractivity contribution is -0.155. The van der Waals surface area contributed by atoms with Crippen LogP contribution in [0.3, 0.4) is 0 Å². The average Bonchev–Trinajstić information content (AvgIpc) is 2.81. The summed E-state index contributed by atoms with van der Waals surface area (Å²) in [5.41, 5.74) is -3.41. The number of benzene rings is 1. The molecule has 0 aliphatic carbocycles. The molecule has 118 valence electrons. The number of aryl methyl sites for hydroxylation is 1. The number of nitrogens with zero attached hydrogens (tertiary/aromatic N) is 1. The van der Waals surface area contributed by atoms with Crippen molar-refractivity contribution in [3.05, 3.63) is 51.9 Å². The number of imide groups is 2. The third kappa shape index (κ3) is 2.06. The van der Waals surface area contributed by atoms with Crippen LogP contribution < -0.4 is 16.2 Å². The van der Waals surface area contributed by atoms with E-state index in [1.807, 2.05) is 0 Å². The van der Waals surface area contributed by atoms with Crippen molar-refractivity contribution < 1.29 is 19.5 Å². The Morgan fingerprint density at radius 2 is 1.57 bits per heavy atom. The van der Waals surface area contributed by atoms with Gasteiger partial charge in [0.25, 0.3) is 23.0 Å². The highest BCUT2D eigenvalue weighted by Gasteiger charge is 2.53. The molecule has 4 N–H and O–H groups in total. The fourth-order valence-corrected chi connectivity index (χ4v) is 2.48. The van der Waals surface area contributed by atoms with Gasteiger partial charge in [0.1, 0.15) is 0 Å². The van der Waals surface area contributed by atoms with Gasteiger partial charge in [-0.05, 0) is 19.1 Å². The number of rotatable bonds is 2. The zero-order valence-electron chi connectivity index (χ0n) is 11.9. The second-order valence-electron chi connectivity index (χ2n) is 5.04. The maximum atomic E-state index is 12.6. The molecule has 1 aliphatic heterocycles. The highest BCUT2D eigenvalue weighted by molar-refractivity contribution is 6.21. The molecule has 1 saturated heterocycles. The summed E-state index contributed by atoms with van der Waals surface area (Å²) in [5, 5.41) is 16.8. The van der Waals surface area contributed by atoms with Crippen LogP contribution in [0.25, 0.3) is 5.69 Å². The second kappa shape index (κ2) is 4.92. The molecule has 0 saturated carbocycles. The predicted octanol–water partition coefficient (Wildman–Crippen LogP) is -0.972. The summed E-state index contributed by atoms with van der Waals surface area (Å²) in [5.74, 6) is -2.55. The summed E-state index contributed by atoms with van der Waals surface area (Å²) in [7, 11) is 0. The third-order valence-corrected chi connectivity index (χ3v) is 3.56. The van der Waals surface area contributed by atoms with Crippen LogP contribution in [0.5, 0.6) is 0 Å². The van der Waals surface area contributed by atoms with Crippen molar-refractivity contribution in [2.75, 3.05) is 0 Å². The number of aromatic amines is 1. The van der Waals surface area contributed by atoms with Gasteiger partial charge in [-0.15, -0.1) is 0 Å². The molecule has 0 unspecified atom stereocenters. The van der Waals surface area contributed by atoms with Crippen molar-refractivity contribution in [1.82, 2.24) is 20.4 Å². The van der Waals surface area contributed by atoms with Crippen LogP contribution >= 0.6 is 0 Å². The van der Waals surface area contributed by atoms with Crippen molar-refractivity contribution >= 4 is 17.8 Å². The van der Waals surface area contributed by atoms with Crippen LogP contribution in [0.15, 0.2) is 35.1 Å². The fraction of sp³-hybridized carbons (Fsp3) is 0.143. The monoisotopic (exact) mass is 316 g/mol. The molecule has 9 heteroatoms. The number of hydrogen-bond acceptors (Lipinski definition) is 5. The van der Waals surface area contributed by atoms with Crippen LogP contribution in [-0.4, -0.2) is 32.7 Å². The summed E-state index contributed by atoms with van der Waals surface area (Å²) in [6.07, 6.45) is 0. The first-order valence-corrected chi connectivity index (χ1v) is 6.62. The fourth-order valence-electron chi connectivity index (χ4n) is 2.48. The minimum atomic E-state index is -2.79. The van der Waals surface area contributed by atoms with Gasteiger partial charge in [-0.3, -0.25) is 30.1 Å². The van der Waals surface area contributed by atoms with Crippen LogP contribution in [-0.2, 0) is 15.2 Å². The van der Waals surface area contributed by atoms with E-state index in [1.165, 1.54) is 6.92 Å². The van der Waals surface area contributed by atoms with Crippen LogP contribution in [0.4, 0.5) is 4.79 Å². The Morgan fingerprint density at radius 3 is 2.13 bits per heavy atom. The Labute approximate surface area is 128 Å². The molecule has 1 aromatic heterocycles. The van der Waals surface area contributed by atoms with Gasteiger partial charge in [0.2, 0.25) is 0 Å². The van der Waals surface area contributed by atoms with Crippen molar-refractivity contribution in [2.24, 2.45) is 0 Å². The summed E-state index contributed by atoms with van der Waals surface area (Å²) in [6.45, 7) is 1.44. The molecule has 0 spiro atoms. The summed E-state index contributed by atoms with van der Waals surface area (Å²) in [4.78, 5) is 47.7. The number of aromatic nitrogens is 2. The first-order chi connectivity index (χ1) is 10.9. The number of aliphatic hydroxyl groups is 1. The summed E-state index contributed by atoms with van der Waals surface area (Å²) < 4.78 is 1.10. The molecule has 4 amide bonds. The number of barbiturate groups is 1. The first-order valence-electron chi connectivity index (χ1n) is 6.62. The predicted molar refractivity (Wildman–Crippen MR) is 76.7 cm³/mol. The van der Waals surface area contributed by atoms with Gasteiger partial charge >= 0.3 is 6.03 Å². The zero-order chi connectivity index (χ0) is 16.8. The van der Waals surface area contributed by atoms with E-state index in [1.54, 1.807) is 41.0 Å². The maximum Gasteiger partial charge on any atom is 0.328 e. The SMILES string of the molecule is Cc1[nH]n(-c2ccccc2)c(=O)c1C1(O)C(=O)NC(=O)NC1=O. The molecule has 2 heterocycles. The van der Waals surface area contributed by atoms with Crippen molar-refractivity contribution in [3.8, 4) is 5.69 Å². The van der Waals surface area contributed by atoms with E-state index in [0.717, 1.165) is 4.68 Å². The lowest BCUT2D eigenvalue weighted by Crippen LogP contribution is -2.65. The Bertz CT molecular complexity index is 860. The number of carbonyl (C=O) groups excluding carboxylic acids is 3. The number of nitrogens with one attached hydrogen (secondary N) is 3. The normalized spacial score (nSPS) is 16.9. The Kier molecular flexibility index (Phi) is 3.15. The number of H-pyrrole nitrogens is 1. The summed E-state index contributed by atoms with van der Waals surface area (Å²) >= 11 is 0. The number of para-hydroxylation sites is 1. The molecular weight excluding hydrogens is 304 g/mol. The zero-order valence-corrected chi connectivity index (χ0v) is 11.9. The van der Waals surface area contributed by atoms with Crippen LogP contribution in [0, 0.1) is 6.92 Å². The Hall–Kier alpha value is -3.20. The highest BCUT2D eigenvalue weighted by Crippen LogP contribution is 2.24. The standard InChI is InChI=1S/C14H12N4O5/c1-7-9(14(23)11(20)15-13(22)16-12(14)21)10(19)18(17-7)8-5-3-2-4-6-8/h2-6,17,23H,1H3,(H2,15,16,20,21,22). The van der Waals surface area contributed by atoms with Crippen molar-refractivity contribution in [2.45, 2.75) is 12.5 Å². The molecule has 23 heavy (non-hydrogen) atoms. The van der Waals surface area contributed by atoms with E-state index in [-0.39, 0.29) is 5.69 Å². The van der Waals surface area contributed by atoms with Gasteiger partial charge < -0.3 is 5.11 Å². The first kappa shape index (κ1) is 14.7. The minimum Gasteiger partial charge on any atom is -0.368 e. The van der Waals surface area contributed by atoms with Gasteiger partial charge in [0, 0.05) is 5.69 Å². The van der Waals surface area contributed by atoms with Crippen LogP contribution in [0.1, 0.15) is 11.3 Å². The van der Waals surface area contributed by atoms with E-state index in [9.17, 15) is 24.3 Å². The van der Waals surface area contributed by atoms with E-state index >= 15 is 0 Å². The molecule has 9 nitrogen and oxygen atoms in total. The minimum absolute atomic E-state index is 0.126. The van der Waals surface area contributed by atoms with E-state index in [4.69, 9.17) is 0 Å². The molecule has 1 fully saturated rings. The lowest BCUT2D eigenvalue weighted by atomic mass is 9.91. The molecule has 0 atom stereocenters. The highest BCUT2D eigenvalue weighted by atomic mass is 16.3. The topological polar surface area (TPSA) is 133 Å². The van der Waals surface area contributed by atoms with E-state index in [0.29, 0.717) is 5.69 Å². The largest absolute Gasteiger partial charge is 0.368 e. The second-order valence-corrected chi connectivity index (χ2v) is 5.04. The number of urea groups is 1. The molecule has 1 aromatic carbocycles. The van der Waals surface area contributed by atoms with E-state index < -0.39 is 34.6 Å². The lowest BCUT2D eigenvalue weighted by Gasteiger charge is -2.27. The van der Waals surface area contributed by atoms with Crippen LogP contribution in [0.2, 0.25) is 0 Å². The molecule has 2 aromatic rings. The van der Waals surface area contributed by atoms with Crippen molar-refractivity contribution in [3.63, 3.8) is 0 Å². The molecule has 0 radical (unpaired) electrons. The summed E-state index contributed by atoms with van der Waals surface area (Å²) in [6, 6.07) is 7.37. The number of hydrogen-bond donors (Lipinski definition) is 4. The van der Waals surface area contributed by atoms with Gasteiger partial charge in [-0.1, -0.05) is 18.2 Å². The smallest absolute Gasteiger partial charge is 0.328 e. The van der Waals surface area contributed by atoms with Gasteiger partial charge in [-0.2, -0.15) is 0 Å². The average molecular weight is 316 g/mol. The van der Waals surface area contributed by atoms with Gasteiger partial charge in [0.15, 0.2) is 0 Å². The molecule has 1 aliphatic rings. The molecule has 3 rings (SSSR count). The van der Waals surface area contributed by atoms with Gasteiger partial charge in [-0.25, -0.2) is 9.48 Å².